The largest absolute Gasteiger partial charge is 0.507 e. The van der Waals surface area contributed by atoms with Crippen molar-refractivity contribution in [3.8, 4) is 5.75 Å². The highest BCUT2D eigenvalue weighted by Crippen LogP contribution is 2.22. The molecule has 0 aromatic heterocycles. The van der Waals surface area contributed by atoms with Crippen molar-refractivity contribution in [1.29, 1.82) is 0 Å². The van der Waals surface area contributed by atoms with E-state index >= 15 is 0 Å². The van der Waals surface area contributed by atoms with E-state index in [9.17, 15) is 14.7 Å². The topological polar surface area (TPSA) is 78.4 Å². The molecule has 0 radical (unpaired) electrons. The highest BCUT2D eigenvalue weighted by molar-refractivity contribution is 14.1. The second-order valence-corrected chi connectivity index (χ2v) is 5.54. The molecule has 108 valence electrons. The minimum atomic E-state index is -0.332. The zero-order valence-corrected chi connectivity index (χ0v) is 13.3. The van der Waals surface area contributed by atoms with E-state index in [1.165, 1.54) is 13.0 Å². The van der Waals surface area contributed by atoms with Crippen LogP contribution < -0.4 is 10.6 Å². The van der Waals surface area contributed by atoms with Gasteiger partial charge in [-0.2, -0.15) is 0 Å². The quantitative estimate of drug-likeness (QED) is 0.698. The zero-order chi connectivity index (χ0) is 15.4. The molecule has 0 spiro atoms. The number of carbonyl (C=O) groups is 2. The SMILES string of the molecule is CC(=O)Nc1cccc(NC(=O)c2ccc(I)c(O)c2)c1. The number of hydrogen-bond acceptors (Lipinski definition) is 3. The maximum Gasteiger partial charge on any atom is 0.255 e. The molecule has 0 aliphatic carbocycles. The van der Waals surface area contributed by atoms with Crippen LogP contribution in [0.1, 0.15) is 17.3 Å². The molecule has 6 heteroatoms. The first-order valence-electron chi connectivity index (χ1n) is 6.13. The molecular weight excluding hydrogens is 383 g/mol. The Labute approximate surface area is 135 Å². The summed E-state index contributed by atoms with van der Waals surface area (Å²) in [6.45, 7) is 1.42. The van der Waals surface area contributed by atoms with Gasteiger partial charge < -0.3 is 15.7 Å². The van der Waals surface area contributed by atoms with E-state index < -0.39 is 0 Å². The fraction of sp³-hybridized carbons (Fsp3) is 0.0667. The number of anilines is 2. The van der Waals surface area contributed by atoms with Crippen molar-refractivity contribution in [2.75, 3.05) is 10.6 Å². The lowest BCUT2D eigenvalue weighted by Crippen LogP contribution is -2.12. The normalized spacial score (nSPS) is 10.0. The molecule has 2 amide bonds. The lowest BCUT2D eigenvalue weighted by molar-refractivity contribution is -0.114. The van der Waals surface area contributed by atoms with Crippen LogP contribution in [0.2, 0.25) is 0 Å². The molecule has 2 aromatic rings. The number of carbonyl (C=O) groups excluding carboxylic acids is 2. The Morgan fingerprint density at radius 3 is 2.33 bits per heavy atom. The molecule has 0 unspecified atom stereocenters. The van der Waals surface area contributed by atoms with Crippen molar-refractivity contribution in [3.63, 3.8) is 0 Å². The average molecular weight is 396 g/mol. The molecule has 0 atom stereocenters. The van der Waals surface area contributed by atoms with Crippen LogP contribution in [0.5, 0.6) is 5.75 Å². The van der Waals surface area contributed by atoms with Crippen LogP contribution in [0.15, 0.2) is 42.5 Å². The summed E-state index contributed by atoms with van der Waals surface area (Å²) in [5.41, 5.74) is 1.52. The molecule has 3 N–H and O–H groups in total. The first kappa shape index (κ1) is 15.3. The summed E-state index contributed by atoms with van der Waals surface area (Å²) in [5.74, 6) is -0.446. The van der Waals surface area contributed by atoms with Gasteiger partial charge in [-0.1, -0.05) is 6.07 Å². The van der Waals surface area contributed by atoms with E-state index in [1.54, 1.807) is 36.4 Å². The highest BCUT2D eigenvalue weighted by Gasteiger charge is 2.09. The smallest absolute Gasteiger partial charge is 0.255 e. The van der Waals surface area contributed by atoms with E-state index in [4.69, 9.17) is 0 Å². The van der Waals surface area contributed by atoms with Crippen LogP contribution in [-0.4, -0.2) is 16.9 Å². The third-order valence-electron chi connectivity index (χ3n) is 2.65. The molecular formula is C15H13IN2O3. The Bertz CT molecular complexity index is 701. The van der Waals surface area contributed by atoms with E-state index in [1.807, 2.05) is 22.6 Å². The van der Waals surface area contributed by atoms with Crippen LogP contribution in [0.4, 0.5) is 11.4 Å². The third-order valence-corrected chi connectivity index (χ3v) is 3.56. The molecule has 2 rings (SSSR count). The summed E-state index contributed by atoms with van der Waals surface area (Å²) < 4.78 is 0.678. The number of phenols is 1. The van der Waals surface area contributed by atoms with Gasteiger partial charge in [0.2, 0.25) is 5.91 Å². The van der Waals surface area contributed by atoms with Gasteiger partial charge in [0.1, 0.15) is 5.75 Å². The number of rotatable bonds is 3. The molecule has 0 aliphatic heterocycles. The van der Waals surface area contributed by atoms with E-state index in [0.29, 0.717) is 20.5 Å². The van der Waals surface area contributed by atoms with Gasteiger partial charge in [-0.15, -0.1) is 0 Å². The Kier molecular flexibility index (Phi) is 4.79. The van der Waals surface area contributed by atoms with Crippen molar-refractivity contribution in [3.05, 3.63) is 51.6 Å². The number of aromatic hydroxyl groups is 1. The summed E-state index contributed by atoms with van der Waals surface area (Å²) in [4.78, 5) is 23.1. The van der Waals surface area contributed by atoms with Crippen LogP contribution in [0.25, 0.3) is 0 Å². The molecule has 0 saturated heterocycles. The van der Waals surface area contributed by atoms with Gasteiger partial charge in [0.15, 0.2) is 0 Å². The average Bonchev–Trinajstić information content (AvgIpc) is 2.41. The summed E-state index contributed by atoms with van der Waals surface area (Å²) in [5, 5.41) is 15.0. The first-order valence-corrected chi connectivity index (χ1v) is 7.21. The Morgan fingerprint density at radius 1 is 1.05 bits per heavy atom. The van der Waals surface area contributed by atoms with Crippen molar-refractivity contribution in [2.45, 2.75) is 6.92 Å². The van der Waals surface area contributed by atoms with Gasteiger partial charge in [-0.3, -0.25) is 9.59 Å². The first-order chi connectivity index (χ1) is 9.95. The van der Waals surface area contributed by atoms with Crippen molar-refractivity contribution in [2.24, 2.45) is 0 Å². The van der Waals surface area contributed by atoms with Gasteiger partial charge >= 0.3 is 0 Å². The fourth-order valence-electron chi connectivity index (χ4n) is 1.74. The molecule has 5 nitrogen and oxygen atoms in total. The number of phenolic OH excluding ortho intramolecular Hbond substituents is 1. The van der Waals surface area contributed by atoms with Gasteiger partial charge in [0.05, 0.1) is 3.57 Å². The maximum absolute atomic E-state index is 12.1. The minimum absolute atomic E-state index is 0.0650. The van der Waals surface area contributed by atoms with E-state index in [-0.39, 0.29) is 17.6 Å². The number of amides is 2. The van der Waals surface area contributed by atoms with Crippen LogP contribution >= 0.6 is 22.6 Å². The van der Waals surface area contributed by atoms with E-state index in [0.717, 1.165) is 0 Å². The highest BCUT2D eigenvalue weighted by atomic mass is 127. The number of halogens is 1. The Hall–Kier alpha value is -2.09. The lowest BCUT2D eigenvalue weighted by Gasteiger charge is -2.08. The predicted molar refractivity (Wildman–Crippen MR) is 89.5 cm³/mol. The molecule has 0 heterocycles. The lowest BCUT2D eigenvalue weighted by atomic mass is 10.2. The third kappa shape index (κ3) is 4.19. The number of nitrogens with one attached hydrogen (secondary N) is 2. The summed E-state index contributed by atoms with van der Waals surface area (Å²) in [6.07, 6.45) is 0. The summed E-state index contributed by atoms with van der Waals surface area (Å²) >= 11 is 1.98. The minimum Gasteiger partial charge on any atom is -0.507 e. The molecule has 21 heavy (non-hydrogen) atoms. The van der Waals surface area contributed by atoms with Crippen molar-refractivity contribution < 1.29 is 14.7 Å². The molecule has 2 aromatic carbocycles. The number of hydrogen-bond donors (Lipinski definition) is 3. The molecule has 0 bridgehead atoms. The van der Waals surface area contributed by atoms with Crippen molar-refractivity contribution >= 4 is 45.8 Å². The second-order valence-electron chi connectivity index (χ2n) is 4.38. The van der Waals surface area contributed by atoms with Gasteiger partial charge in [-0.05, 0) is 59.0 Å². The molecule has 0 saturated carbocycles. The predicted octanol–water partition coefficient (Wildman–Crippen LogP) is 3.21. The van der Waals surface area contributed by atoms with Crippen molar-refractivity contribution in [1.82, 2.24) is 0 Å². The monoisotopic (exact) mass is 396 g/mol. The Morgan fingerprint density at radius 2 is 1.71 bits per heavy atom. The zero-order valence-electron chi connectivity index (χ0n) is 11.2. The molecule has 0 fully saturated rings. The van der Waals surface area contributed by atoms with Crippen LogP contribution in [0, 0.1) is 3.57 Å². The molecule has 0 aliphatic rings. The van der Waals surface area contributed by atoms with Crippen LogP contribution in [0.3, 0.4) is 0 Å². The van der Waals surface area contributed by atoms with Gasteiger partial charge in [-0.25, -0.2) is 0 Å². The number of benzene rings is 2. The van der Waals surface area contributed by atoms with Crippen LogP contribution in [-0.2, 0) is 4.79 Å². The summed E-state index contributed by atoms with van der Waals surface area (Å²) in [7, 11) is 0. The Balaban J connectivity index is 2.15. The maximum atomic E-state index is 12.1. The summed E-state index contributed by atoms with van der Waals surface area (Å²) in [6, 6.07) is 11.5. The van der Waals surface area contributed by atoms with Gasteiger partial charge in [0, 0.05) is 23.9 Å². The van der Waals surface area contributed by atoms with E-state index in [2.05, 4.69) is 10.6 Å². The standard InChI is InChI=1S/C15H13IN2O3/c1-9(19)17-11-3-2-4-12(8-11)18-15(21)10-5-6-13(16)14(20)7-10/h2-8,20H,1H3,(H,17,19)(H,18,21). The second kappa shape index (κ2) is 6.57. The fourth-order valence-corrected chi connectivity index (χ4v) is 2.07. The van der Waals surface area contributed by atoms with Gasteiger partial charge in [0.25, 0.3) is 5.91 Å².